The Hall–Kier alpha value is -4.29. The van der Waals surface area contributed by atoms with E-state index in [-0.39, 0.29) is 23.2 Å². The fourth-order valence-corrected chi connectivity index (χ4v) is 6.00. The molecule has 3 aliphatic rings. The molecule has 0 aliphatic carbocycles. The number of amides is 2. The molecule has 222 valence electrons. The van der Waals surface area contributed by atoms with Crippen LogP contribution in [-0.2, 0) is 30.6 Å². The number of anilines is 2. The molecule has 16 nitrogen and oxygen atoms in total. The Morgan fingerprint density at radius 2 is 2.00 bits per heavy atom. The van der Waals surface area contributed by atoms with Gasteiger partial charge in [-0.15, -0.1) is 11.8 Å². The molecule has 5 heterocycles. The number of carboxylic acids is 2. The van der Waals surface area contributed by atoms with Crippen molar-refractivity contribution in [1.82, 2.24) is 24.9 Å². The van der Waals surface area contributed by atoms with E-state index in [2.05, 4.69) is 30.5 Å². The van der Waals surface area contributed by atoms with E-state index >= 15 is 0 Å². The van der Waals surface area contributed by atoms with Gasteiger partial charge in [-0.05, 0) is 13.8 Å². The van der Waals surface area contributed by atoms with Gasteiger partial charge < -0.3 is 36.7 Å². The Bertz CT molecular complexity index is 1490. The van der Waals surface area contributed by atoms with Crippen LogP contribution >= 0.6 is 23.3 Å². The number of oxime groups is 1. The minimum atomic E-state index is -1.78. The Balaban J connectivity index is 1.30. The number of aromatic nitrogens is 3. The van der Waals surface area contributed by atoms with Gasteiger partial charge in [0.1, 0.15) is 17.1 Å². The summed E-state index contributed by atoms with van der Waals surface area (Å²) < 4.78 is 5.77. The van der Waals surface area contributed by atoms with Gasteiger partial charge in [-0.1, -0.05) is 5.16 Å². The third kappa shape index (κ3) is 5.86. The van der Waals surface area contributed by atoms with E-state index in [0.717, 1.165) is 35.2 Å². The SMILES string of the molecule is CC(C)(ON=C(C(=O)NC1C(=O)N2C(C(=O)O)=C(C[n+]3ccc(NC4CNC4)cc3)CSC12)c1nsc(N)n1)C(=O)O. The topological polar surface area (TPSA) is 225 Å². The molecule has 0 radical (unpaired) electrons. The van der Waals surface area contributed by atoms with Crippen LogP contribution < -0.4 is 26.3 Å². The van der Waals surface area contributed by atoms with Crippen LogP contribution in [0.15, 0.2) is 41.0 Å². The van der Waals surface area contributed by atoms with Gasteiger partial charge >= 0.3 is 11.9 Å². The van der Waals surface area contributed by atoms with E-state index in [9.17, 15) is 29.4 Å². The van der Waals surface area contributed by atoms with Gasteiger partial charge in [-0.3, -0.25) is 14.5 Å². The number of aliphatic carboxylic acids is 2. The quantitative estimate of drug-likeness (QED) is 0.0755. The second-order valence-corrected chi connectivity index (χ2v) is 12.1. The number of carboxylic acid groups (broad SMARTS) is 2. The highest BCUT2D eigenvalue weighted by atomic mass is 32.2. The van der Waals surface area contributed by atoms with Gasteiger partial charge in [-0.25, -0.2) is 14.2 Å². The monoisotopic (exact) mass is 618 g/mol. The van der Waals surface area contributed by atoms with E-state index in [0.29, 0.717) is 17.4 Å². The van der Waals surface area contributed by atoms with Crippen LogP contribution in [0.5, 0.6) is 0 Å². The molecule has 42 heavy (non-hydrogen) atoms. The predicted octanol–water partition coefficient (Wildman–Crippen LogP) is -1.19. The van der Waals surface area contributed by atoms with Crippen LogP contribution in [0.3, 0.4) is 0 Å². The second-order valence-electron chi connectivity index (χ2n) is 10.2. The molecule has 2 aromatic heterocycles. The van der Waals surface area contributed by atoms with Gasteiger partial charge in [0.05, 0.1) is 6.04 Å². The van der Waals surface area contributed by atoms with Crippen molar-refractivity contribution >= 4 is 63.6 Å². The van der Waals surface area contributed by atoms with E-state index in [4.69, 9.17) is 10.6 Å². The molecule has 2 aromatic rings. The fraction of sp³-hybridized carbons (Fsp3) is 0.417. The number of nitrogens with two attached hydrogens (primary N) is 1. The van der Waals surface area contributed by atoms with Gasteiger partial charge in [0.2, 0.25) is 17.1 Å². The van der Waals surface area contributed by atoms with Crippen LogP contribution in [0.2, 0.25) is 0 Å². The first kappa shape index (κ1) is 29.2. The first-order valence-electron chi connectivity index (χ1n) is 12.7. The Morgan fingerprint density at radius 3 is 2.57 bits per heavy atom. The minimum Gasteiger partial charge on any atom is -0.478 e. The number of hydrogen-bond acceptors (Lipinski definition) is 13. The molecule has 0 spiro atoms. The molecule has 2 saturated heterocycles. The van der Waals surface area contributed by atoms with Gasteiger partial charge in [-0.2, -0.15) is 9.36 Å². The zero-order valence-corrected chi connectivity index (χ0v) is 24.1. The highest BCUT2D eigenvalue weighted by Gasteiger charge is 2.55. The number of nitrogen functional groups attached to an aromatic ring is 1. The molecular formula is C24H28N9O7S2+. The Kier molecular flexibility index (Phi) is 8.02. The highest BCUT2D eigenvalue weighted by Crippen LogP contribution is 2.40. The van der Waals surface area contributed by atoms with Crippen LogP contribution in [-0.4, -0.2) is 95.8 Å². The van der Waals surface area contributed by atoms with Crippen molar-refractivity contribution in [3.63, 3.8) is 0 Å². The zero-order valence-electron chi connectivity index (χ0n) is 22.4. The maximum absolute atomic E-state index is 13.2. The van der Waals surface area contributed by atoms with E-state index in [1.54, 1.807) is 0 Å². The molecular weight excluding hydrogens is 590 g/mol. The van der Waals surface area contributed by atoms with E-state index in [1.807, 2.05) is 29.1 Å². The lowest BCUT2D eigenvalue weighted by molar-refractivity contribution is -0.688. The summed E-state index contributed by atoms with van der Waals surface area (Å²) in [5, 5.41) is 31.5. The lowest BCUT2D eigenvalue weighted by Gasteiger charge is -2.49. The molecule has 0 saturated carbocycles. The van der Waals surface area contributed by atoms with Crippen molar-refractivity contribution in [3.8, 4) is 0 Å². The second kappa shape index (κ2) is 11.5. The number of carbonyl (C=O) groups is 4. The van der Waals surface area contributed by atoms with E-state index in [1.165, 1.54) is 25.6 Å². The summed E-state index contributed by atoms with van der Waals surface area (Å²) in [6.45, 7) is 4.52. The molecule has 7 N–H and O–H groups in total. The average Bonchev–Trinajstić information content (AvgIpc) is 3.35. The van der Waals surface area contributed by atoms with Crippen LogP contribution in [0.4, 0.5) is 10.8 Å². The normalized spacial score (nSPS) is 20.8. The van der Waals surface area contributed by atoms with Crippen LogP contribution in [0.25, 0.3) is 0 Å². The summed E-state index contributed by atoms with van der Waals surface area (Å²) in [5.74, 6) is -4.02. The molecule has 2 unspecified atom stereocenters. The lowest BCUT2D eigenvalue weighted by Crippen LogP contribution is -2.71. The van der Waals surface area contributed by atoms with Crippen molar-refractivity contribution in [1.29, 1.82) is 0 Å². The average molecular weight is 619 g/mol. The summed E-state index contributed by atoms with van der Waals surface area (Å²) in [6, 6.07) is 3.11. The molecule has 3 aliphatic heterocycles. The van der Waals surface area contributed by atoms with Crippen molar-refractivity contribution in [2.24, 2.45) is 5.16 Å². The van der Waals surface area contributed by atoms with Gasteiger partial charge in [0, 0.05) is 53.8 Å². The molecule has 18 heteroatoms. The molecule has 0 aromatic carbocycles. The standard InChI is InChI=1S/C24H27N9O7S2/c1-24(2,22(38)39)40-30-14(17-29-23(25)42-31-17)18(34)28-15-19(35)33-16(21(36)37)11(10-41-20(15)33)9-32-5-3-12(4-6-32)27-13-7-26-8-13/h3-6,13,15,20,26H,7-10H2,1-2H3,(H5,25,28,29,31,34,36,37,38,39)/p+1. The smallest absolute Gasteiger partial charge is 0.352 e. The van der Waals surface area contributed by atoms with Crippen molar-refractivity contribution < 1.29 is 38.8 Å². The molecule has 2 atom stereocenters. The summed E-state index contributed by atoms with van der Waals surface area (Å²) in [4.78, 5) is 60.2. The maximum Gasteiger partial charge on any atom is 0.352 e. The molecule has 2 amide bonds. The number of rotatable bonds is 11. The van der Waals surface area contributed by atoms with Crippen molar-refractivity contribution in [3.05, 3.63) is 41.6 Å². The number of thioether (sulfide) groups is 1. The van der Waals surface area contributed by atoms with E-state index < -0.39 is 46.5 Å². The predicted molar refractivity (Wildman–Crippen MR) is 150 cm³/mol. The number of hydrogen-bond donors (Lipinski definition) is 6. The summed E-state index contributed by atoms with van der Waals surface area (Å²) in [6.07, 6.45) is 3.68. The summed E-state index contributed by atoms with van der Waals surface area (Å²) >= 11 is 2.09. The van der Waals surface area contributed by atoms with Crippen molar-refractivity contribution in [2.45, 2.75) is 43.5 Å². The minimum absolute atomic E-state index is 0.0277. The fourth-order valence-electron chi connectivity index (χ4n) is 4.23. The third-order valence-corrected chi connectivity index (χ3v) is 8.58. The number of pyridine rings is 1. The van der Waals surface area contributed by atoms with Gasteiger partial charge in [0.15, 0.2) is 24.1 Å². The van der Waals surface area contributed by atoms with Crippen molar-refractivity contribution in [2.75, 3.05) is 29.9 Å². The zero-order chi connectivity index (χ0) is 30.2. The number of fused-ring (bicyclic) bond motifs is 1. The number of nitrogens with zero attached hydrogens (tertiary/aromatic N) is 5. The highest BCUT2D eigenvalue weighted by molar-refractivity contribution is 8.00. The first-order chi connectivity index (χ1) is 19.9. The van der Waals surface area contributed by atoms with Gasteiger partial charge in [0.25, 0.3) is 11.8 Å². The van der Waals surface area contributed by atoms with Crippen LogP contribution in [0.1, 0.15) is 19.7 Å². The molecule has 5 rings (SSSR count). The number of β-lactam (4-membered cyclic amide) rings is 1. The van der Waals surface area contributed by atoms with Crippen LogP contribution in [0, 0.1) is 0 Å². The molecule has 0 bridgehead atoms. The first-order valence-corrected chi connectivity index (χ1v) is 14.5. The molecule has 2 fully saturated rings. The summed E-state index contributed by atoms with van der Waals surface area (Å²) in [7, 11) is 0. The number of carbonyl (C=O) groups excluding carboxylic acids is 2. The Morgan fingerprint density at radius 1 is 1.29 bits per heavy atom. The largest absolute Gasteiger partial charge is 0.478 e. The number of nitrogens with one attached hydrogen (secondary N) is 3. The maximum atomic E-state index is 13.2. The Labute approximate surface area is 247 Å². The summed E-state index contributed by atoms with van der Waals surface area (Å²) in [5.41, 5.74) is 4.74. The third-order valence-electron chi connectivity index (χ3n) is 6.70. The lowest BCUT2D eigenvalue weighted by atomic mass is 10.0.